The molecule has 0 saturated heterocycles. The molecule has 158 valence electrons. The first-order chi connectivity index (χ1) is 14.1. The summed E-state index contributed by atoms with van der Waals surface area (Å²) in [7, 11) is 0. The van der Waals surface area contributed by atoms with Gasteiger partial charge in [0.05, 0.1) is 6.61 Å². The molecule has 0 heterocycles. The van der Waals surface area contributed by atoms with Crippen molar-refractivity contribution in [1.29, 1.82) is 0 Å². The van der Waals surface area contributed by atoms with Gasteiger partial charge in [-0.15, -0.1) is 0 Å². The Bertz CT molecular complexity index is 743. The molecule has 2 rings (SSSR count). The minimum Gasteiger partial charge on any atom is -0.508 e. The van der Waals surface area contributed by atoms with Crippen molar-refractivity contribution in [3.8, 4) is 17.2 Å². The van der Waals surface area contributed by atoms with Gasteiger partial charge in [0, 0.05) is 18.2 Å². The van der Waals surface area contributed by atoms with Gasteiger partial charge < -0.3 is 20.3 Å². The molecule has 0 saturated carbocycles. The fourth-order valence-electron chi connectivity index (χ4n) is 3.14. The smallest absolute Gasteiger partial charge is 0.224 e. The third-order valence-electron chi connectivity index (χ3n) is 4.81. The van der Waals surface area contributed by atoms with Gasteiger partial charge in [0.15, 0.2) is 0 Å². The number of benzene rings is 2. The van der Waals surface area contributed by atoms with Crippen LogP contribution in [0.2, 0.25) is 0 Å². The SMILES string of the molecule is CCCCCCc1ccc(O)cc1OCCCCCC(=O)Nc1ccc(O)cc1. The summed E-state index contributed by atoms with van der Waals surface area (Å²) in [6, 6.07) is 11.8. The summed E-state index contributed by atoms with van der Waals surface area (Å²) in [6.45, 7) is 2.77. The van der Waals surface area contributed by atoms with Crippen LogP contribution in [0.3, 0.4) is 0 Å². The molecule has 0 spiro atoms. The number of hydrogen-bond donors (Lipinski definition) is 3. The van der Waals surface area contributed by atoms with Crippen LogP contribution in [0.15, 0.2) is 42.5 Å². The number of nitrogens with one attached hydrogen (secondary N) is 1. The largest absolute Gasteiger partial charge is 0.508 e. The standard InChI is InChI=1S/C24H33NO4/c1-2-3-4-6-9-19-11-14-22(27)18-23(19)29-17-8-5-7-10-24(28)25-20-12-15-21(26)16-13-20/h11-16,18,26-27H,2-10,17H2,1H3,(H,25,28). The van der Waals surface area contributed by atoms with Gasteiger partial charge in [-0.1, -0.05) is 32.3 Å². The fraction of sp³-hybridized carbons (Fsp3) is 0.458. The van der Waals surface area contributed by atoms with Crippen LogP contribution in [0.1, 0.15) is 63.9 Å². The van der Waals surface area contributed by atoms with Gasteiger partial charge in [0.1, 0.15) is 17.2 Å². The topological polar surface area (TPSA) is 78.8 Å². The molecule has 29 heavy (non-hydrogen) atoms. The molecule has 5 nitrogen and oxygen atoms in total. The number of aryl methyl sites for hydroxylation is 1. The molecule has 0 aromatic heterocycles. The van der Waals surface area contributed by atoms with Crippen LogP contribution in [0.5, 0.6) is 17.2 Å². The Hall–Kier alpha value is -2.69. The summed E-state index contributed by atoms with van der Waals surface area (Å²) in [5, 5.41) is 21.8. The van der Waals surface area contributed by atoms with Crippen molar-refractivity contribution >= 4 is 11.6 Å². The maximum atomic E-state index is 11.9. The van der Waals surface area contributed by atoms with Crippen LogP contribution in [0.4, 0.5) is 5.69 Å². The predicted octanol–water partition coefficient (Wildman–Crippen LogP) is 5.80. The van der Waals surface area contributed by atoms with Crippen molar-refractivity contribution in [3.05, 3.63) is 48.0 Å². The summed E-state index contributed by atoms with van der Waals surface area (Å²) < 4.78 is 5.90. The number of phenols is 2. The van der Waals surface area contributed by atoms with Crippen LogP contribution in [-0.4, -0.2) is 22.7 Å². The van der Waals surface area contributed by atoms with E-state index in [9.17, 15) is 15.0 Å². The zero-order valence-electron chi connectivity index (χ0n) is 17.3. The Labute approximate surface area is 173 Å². The van der Waals surface area contributed by atoms with E-state index in [1.54, 1.807) is 36.4 Å². The predicted molar refractivity (Wildman–Crippen MR) is 117 cm³/mol. The fourth-order valence-corrected chi connectivity index (χ4v) is 3.14. The molecule has 2 aromatic rings. The van der Waals surface area contributed by atoms with Gasteiger partial charge in [-0.3, -0.25) is 4.79 Å². The first kappa shape index (κ1) is 22.6. The van der Waals surface area contributed by atoms with Gasteiger partial charge >= 0.3 is 0 Å². The van der Waals surface area contributed by atoms with E-state index in [0.29, 0.717) is 18.7 Å². The lowest BCUT2D eigenvalue weighted by molar-refractivity contribution is -0.116. The highest BCUT2D eigenvalue weighted by molar-refractivity contribution is 5.90. The monoisotopic (exact) mass is 399 g/mol. The Balaban J connectivity index is 1.65. The van der Waals surface area contributed by atoms with Crippen molar-refractivity contribution < 1.29 is 19.7 Å². The molecule has 0 radical (unpaired) electrons. The van der Waals surface area contributed by atoms with Crippen LogP contribution >= 0.6 is 0 Å². The minimum atomic E-state index is -0.0287. The van der Waals surface area contributed by atoms with Gasteiger partial charge in [-0.2, -0.15) is 0 Å². The number of anilines is 1. The Morgan fingerprint density at radius 1 is 0.897 bits per heavy atom. The van der Waals surface area contributed by atoms with E-state index in [-0.39, 0.29) is 17.4 Å². The summed E-state index contributed by atoms with van der Waals surface area (Å²) >= 11 is 0. The molecular formula is C24H33NO4. The normalized spacial score (nSPS) is 10.7. The van der Waals surface area contributed by atoms with E-state index >= 15 is 0 Å². The minimum absolute atomic E-state index is 0.0287. The Morgan fingerprint density at radius 3 is 2.38 bits per heavy atom. The summed E-state index contributed by atoms with van der Waals surface area (Å²) in [4.78, 5) is 11.9. The summed E-state index contributed by atoms with van der Waals surface area (Å²) in [5.74, 6) is 1.15. The van der Waals surface area contributed by atoms with Crippen molar-refractivity contribution in [3.63, 3.8) is 0 Å². The van der Waals surface area contributed by atoms with Crippen molar-refractivity contribution in [2.45, 2.75) is 64.7 Å². The molecule has 5 heteroatoms. The van der Waals surface area contributed by atoms with Crippen molar-refractivity contribution in [2.75, 3.05) is 11.9 Å². The number of carbonyl (C=O) groups excluding carboxylic acids is 1. The average molecular weight is 400 g/mol. The molecule has 0 bridgehead atoms. The number of unbranched alkanes of at least 4 members (excludes halogenated alkanes) is 5. The zero-order chi connectivity index (χ0) is 20.9. The quantitative estimate of drug-likeness (QED) is 0.294. The zero-order valence-corrected chi connectivity index (χ0v) is 17.3. The van der Waals surface area contributed by atoms with Gasteiger partial charge in [-0.25, -0.2) is 0 Å². The molecular weight excluding hydrogens is 366 g/mol. The van der Waals surface area contributed by atoms with E-state index in [0.717, 1.165) is 43.4 Å². The van der Waals surface area contributed by atoms with E-state index < -0.39 is 0 Å². The number of carbonyl (C=O) groups is 1. The van der Waals surface area contributed by atoms with Crippen LogP contribution in [0, 0.1) is 0 Å². The van der Waals surface area contributed by atoms with Crippen LogP contribution in [0.25, 0.3) is 0 Å². The maximum absolute atomic E-state index is 11.9. The Morgan fingerprint density at radius 2 is 1.62 bits per heavy atom. The molecule has 0 fully saturated rings. The lowest BCUT2D eigenvalue weighted by atomic mass is 10.1. The average Bonchev–Trinajstić information content (AvgIpc) is 2.71. The van der Waals surface area contributed by atoms with Crippen LogP contribution < -0.4 is 10.1 Å². The number of rotatable bonds is 13. The number of hydrogen-bond acceptors (Lipinski definition) is 4. The van der Waals surface area contributed by atoms with E-state index in [1.165, 1.54) is 19.3 Å². The van der Waals surface area contributed by atoms with Crippen LogP contribution in [-0.2, 0) is 11.2 Å². The third kappa shape index (κ3) is 8.90. The highest BCUT2D eigenvalue weighted by Gasteiger charge is 2.06. The molecule has 0 aliphatic heterocycles. The molecule has 0 aliphatic rings. The number of phenolic OH excluding ortho intramolecular Hbond substituents is 2. The Kier molecular flexibility index (Phi) is 9.90. The molecule has 1 amide bonds. The maximum Gasteiger partial charge on any atom is 0.224 e. The van der Waals surface area contributed by atoms with Gasteiger partial charge in [0.2, 0.25) is 5.91 Å². The number of ether oxygens (including phenoxy) is 1. The van der Waals surface area contributed by atoms with E-state index in [1.807, 2.05) is 6.07 Å². The molecule has 0 unspecified atom stereocenters. The van der Waals surface area contributed by atoms with Gasteiger partial charge in [-0.05, 0) is 68.0 Å². The third-order valence-corrected chi connectivity index (χ3v) is 4.81. The molecule has 0 atom stereocenters. The number of amides is 1. The lowest BCUT2D eigenvalue weighted by Gasteiger charge is -2.12. The second-order valence-corrected chi connectivity index (χ2v) is 7.36. The molecule has 0 aliphatic carbocycles. The summed E-state index contributed by atoms with van der Waals surface area (Å²) in [6.07, 6.45) is 8.76. The lowest BCUT2D eigenvalue weighted by Crippen LogP contribution is -2.11. The highest BCUT2D eigenvalue weighted by Crippen LogP contribution is 2.26. The second-order valence-electron chi connectivity index (χ2n) is 7.36. The highest BCUT2D eigenvalue weighted by atomic mass is 16.5. The molecule has 3 N–H and O–H groups in total. The first-order valence-corrected chi connectivity index (χ1v) is 10.6. The van der Waals surface area contributed by atoms with Crippen molar-refractivity contribution in [1.82, 2.24) is 0 Å². The molecule has 2 aromatic carbocycles. The van der Waals surface area contributed by atoms with Gasteiger partial charge in [0.25, 0.3) is 0 Å². The first-order valence-electron chi connectivity index (χ1n) is 10.6. The second kappa shape index (κ2) is 12.7. The summed E-state index contributed by atoms with van der Waals surface area (Å²) in [5.41, 5.74) is 1.83. The van der Waals surface area contributed by atoms with E-state index in [2.05, 4.69) is 12.2 Å². The van der Waals surface area contributed by atoms with E-state index in [4.69, 9.17) is 4.74 Å². The number of aromatic hydroxyl groups is 2. The van der Waals surface area contributed by atoms with Crippen molar-refractivity contribution in [2.24, 2.45) is 0 Å².